The molecule has 4 heteroatoms. The van der Waals surface area contributed by atoms with Crippen molar-refractivity contribution < 1.29 is 9.84 Å². The normalized spacial score (nSPS) is 23.5. The number of nitrogens with zero attached hydrogens (tertiary/aromatic N) is 1. The highest BCUT2D eigenvalue weighted by molar-refractivity contribution is 4.97. The lowest BCUT2D eigenvalue weighted by molar-refractivity contribution is 0.0101. The number of ether oxygens (including phenoxy) is 1. The van der Waals surface area contributed by atoms with Crippen LogP contribution in [0.15, 0.2) is 0 Å². The third-order valence-corrected chi connectivity index (χ3v) is 2.47. The summed E-state index contributed by atoms with van der Waals surface area (Å²) in [5.41, 5.74) is -0.298. The molecule has 0 radical (unpaired) electrons. The third-order valence-electron chi connectivity index (χ3n) is 2.47. The van der Waals surface area contributed by atoms with Crippen molar-refractivity contribution in [3.05, 3.63) is 0 Å². The number of hydrogen-bond donors (Lipinski definition) is 2. The van der Waals surface area contributed by atoms with Crippen molar-refractivity contribution in [3.63, 3.8) is 0 Å². The Kier molecular flexibility index (Phi) is 3.67. The molecule has 1 unspecified atom stereocenters. The fourth-order valence-electron chi connectivity index (χ4n) is 1.60. The fourth-order valence-corrected chi connectivity index (χ4v) is 1.60. The SMILES string of the molecule is CC(C#N)NC1(CO)CCOCC1. The van der Waals surface area contributed by atoms with Crippen LogP contribution in [0.1, 0.15) is 19.8 Å². The van der Waals surface area contributed by atoms with Crippen molar-refractivity contribution in [2.24, 2.45) is 0 Å². The Labute approximate surface area is 78.5 Å². The summed E-state index contributed by atoms with van der Waals surface area (Å²) in [6, 6.07) is 1.89. The highest BCUT2D eigenvalue weighted by atomic mass is 16.5. The molecule has 1 atom stereocenters. The van der Waals surface area contributed by atoms with E-state index in [1.165, 1.54) is 0 Å². The molecule has 0 aromatic carbocycles. The molecule has 0 aromatic rings. The van der Waals surface area contributed by atoms with E-state index in [2.05, 4.69) is 11.4 Å². The second-order valence-electron chi connectivity index (χ2n) is 3.55. The number of nitrogens with one attached hydrogen (secondary N) is 1. The number of aliphatic hydroxyl groups is 1. The van der Waals surface area contributed by atoms with Crippen molar-refractivity contribution >= 4 is 0 Å². The predicted molar refractivity (Wildman–Crippen MR) is 48.1 cm³/mol. The third kappa shape index (κ3) is 2.66. The minimum atomic E-state index is -0.298. The first-order valence-corrected chi connectivity index (χ1v) is 4.58. The highest BCUT2D eigenvalue weighted by Gasteiger charge is 2.32. The fraction of sp³-hybridized carbons (Fsp3) is 0.889. The van der Waals surface area contributed by atoms with Gasteiger partial charge in [-0.15, -0.1) is 0 Å². The van der Waals surface area contributed by atoms with Crippen LogP contribution >= 0.6 is 0 Å². The average molecular weight is 184 g/mol. The van der Waals surface area contributed by atoms with E-state index in [1.54, 1.807) is 6.92 Å². The molecule has 4 nitrogen and oxygen atoms in total. The van der Waals surface area contributed by atoms with Gasteiger partial charge in [0.25, 0.3) is 0 Å². The molecule has 0 aromatic heterocycles. The molecular formula is C9H16N2O2. The van der Waals surface area contributed by atoms with Crippen LogP contribution in [0.3, 0.4) is 0 Å². The van der Waals surface area contributed by atoms with E-state index in [1.807, 2.05) is 0 Å². The summed E-state index contributed by atoms with van der Waals surface area (Å²) in [6.07, 6.45) is 1.55. The van der Waals surface area contributed by atoms with Gasteiger partial charge in [-0.05, 0) is 19.8 Å². The zero-order chi connectivity index (χ0) is 9.73. The Balaban J connectivity index is 2.53. The molecule has 1 fully saturated rings. The summed E-state index contributed by atoms with van der Waals surface area (Å²) in [6.45, 7) is 3.19. The van der Waals surface area contributed by atoms with E-state index >= 15 is 0 Å². The molecule has 1 aliphatic heterocycles. The minimum absolute atomic E-state index is 0.0718. The molecule has 1 heterocycles. The van der Waals surface area contributed by atoms with Crippen LogP contribution in [0.2, 0.25) is 0 Å². The summed E-state index contributed by atoms with van der Waals surface area (Å²) in [5.74, 6) is 0. The Hall–Kier alpha value is -0.630. The molecule has 13 heavy (non-hydrogen) atoms. The molecule has 0 aliphatic carbocycles. The van der Waals surface area contributed by atoms with Gasteiger partial charge in [-0.25, -0.2) is 0 Å². The first-order valence-electron chi connectivity index (χ1n) is 4.58. The standard InChI is InChI=1S/C9H16N2O2/c1-8(6-10)11-9(7-12)2-4-13-5-3-9/h8,11-12H,2-5,7H2,1H3. The van der Waals surface area contributed by atoms with Crippen LogP contribution in [0.5, 0.6) is 0 Å². The van der Waals surface area contributed by atoms with Gasteiger partial charge >= 0.3 is 0 Å². The molecule has 0 amide bonds. The van der Waals surface area contributed by atoms with E-state index in [0.717, 1.165) is 12.8 Å². The van der Waals surface area contributed by atoms with Gasteiger partial charge in [0.05, 0.1) is 18.7 Å². The Morgan fingerprint density at radius 3 is 2.69 bits per heavy atom. The molecule has 0 spiro atoms. The van der Waals surface area contributed by atoms with Gasteiger partial charge < -0.3 is 9.84 Å². The second kappa shape index (κ2) is 4.56. The van der Waals surface area contributed by atoms with E-state index in [0.29, 0.717) is 13.2 Å². The summed E-state index contributed by atoms with van der Waals surface area (Å²) in [4.78, 5) is 0. The maximum atomic E-state index is 9.26. The lowest BCUT2D eigenvalue weighted by Gasteiger charge is -2.37. The summed E-state index contributed by atoms with van der Waals surface area (Å²) >= 11 is 0. The lowest BCUT2D eigenvalue weighted by Crippen LogP contribution is -2.55. The molecule has 0 saturated carbocycles. The monoisotopic (exact) mass is 184 g/mol. The molecule has 0 bridgehead atoms. The molecule has 2 N–H and O–H groups in total. The molecule has 1 saturated heterocycles. The first kappa shape index (κ1) is 10.5. The topological polar surface area (TPSA) is 65.3 Å². The van der Waals surface area contributed by atoms with E-state index in [-0.39, 0.29) is 18.2 Å². The van der Waals surface area contributed by atoms with Gasteiger partial charge in [0.2, 0.25) is 0 Å². The van der Waals surface area contributed by atoms with Crippen molar-refractivity contribution in [3.8, 4) is 6.07 Å². The zero-order valence-electron chi connectivity index (χ0n) is 7.92. The number of hydrogen-bond acceptors (Lipinski definition) is 4. The summed E-state index contributed by atoms with van der Waals surface area (Å²) in [7, 11) is 0. The zero-order valence-corrected chi connectivity index (χ0v) is 7.92. The highest BCUT2D eigenvalue weighted by Crippen LogP contribution is 2.20. The van der Waals surface area contributed by atoms with Crippen molar-refractivity contribution in [2.45, 2.75) is 31.3 Å². The molecule has 74 valence electrons. The Bertz CT molecular complexity index is 194. The molecule has 1 rings (SSSR count). The van der Waals surface area contributed by atoms with Gasteiger partial charge in [0.15, 0.2) is 0 Å². The van der Waals surface area contributed by atoms with Crippen molar-refractivity contribution in [2.75, 3.05) is 19.8 Å². The number of rotatable bonds is 3. The van der Waals surface area contributed by atoms with Crippen molar-refractivity contribution in [1.82, 2.24) is 5.32 Å². The molecule has 1 aliphatic rings. The van der Waals surface area contributed by atoms with Crippen LogP contribution in [0.4, 0.5) is 0 Å². The molecular weight excluding hydrogens is 168 g/mol. The largest absolute Gasteiger partial charge is 0.394 e. The summed E-state index contributed by atoms with van der Waals surface area (Å²) < 4.78 is 5.21. The maximum absolute atomic E-state index is 9.26. The quantitative estimate of drug-likeness (QED) is 0.649. The van der Waals surface area contributed by atoms with E-state index in [9.17, 15) is 5.11 Å². The number of nitriles is 1. The smallest absolute Gasteiger partial charge is 0.0929 e. The van der Waals surface area contributed by atoms with E-state index in [4.69, 9.17) is 10.00 Å². The van der Waals surface area contributed by atoms with Crippen LogP contribution in [0.25, 0.3) is 0 Å². The Morgan fingerprint density at radius 2 is 2.23 bits per heavy atom. The van der Waals surface area contributed by atoms with Gasteiger partial charge in [0.1, 0.15) is 0 Å². The van der Waals surface area contributed by atoms with Crippen molar-refractivity contribution in [1.29, 1.82) is 5.26 Å². The predicted octanol–water partition coefficient (Wildman–Crippen LogP) is 0.0296. The van der Waals surface area contributed by atoms with Gasteiger partial charge in [-0.2, -0.15) is 5.26 Å². The average Bonchev–Trinajstić information content (AvgIpc) is 2.19. The summed E-state index contributed by atoms with van der Waals surface area (Å²) in [5, 5.41) is 21.0. The van der Waals surface area contributed by atoms with Gasteiger partial charge in [-0.1, -0.05) is 0 Å². The van der Waals surface area contributed by atoms with Crippen LogP contribution in [0, 0.1) is 11.3 Å². The maximum Gasteiger partial charge on any atom is 0.0929 e. The van der Waals surface area contributed by atoms with Crippen LogP contribution in [-0.2, 0) is 4.74 Å². The number of aliphatic hydroxyl groups excluding tert-OH is 1. The van der Waals surface area contributed by atoms with Crippen LogP contribution in [-0.4, -0.2) is 36.5 Å². The van der Waals surface area contributed by atoms with E-state index < -0.39 is 0 Å². The lowest BCUT2D eigenvalue weighted by atomic mass is 9.90. The van der Waals surface area contributed by atoms with Gasteiger partial charge in [0, 0.05) is 18.8 Å². The first-order chi connectivity index (χ1) is 6.22. The minimum Gasteiger partial charge on any atom is -0.394 e. The second-order valence-corrected chi connectivity index (χ2v) is 3.55. The Morgan fingerprint density at radius 1 is 1.62 bits per heavy atom. The van der Waals surface area contributed by atoms with Gasteiger partial charge in [-0.3, -0.25) is 5.32 Å². The van der Waals surface area contributed by atoms with Crippen LogP contribution < -0.4 is 5.32 Å².